The molecule has 0 radical (unpaired) electrons. The number of aromatic nitrogens is 2. The van der Waals surface area contributed by atoms with Crippen LogP contribution in [0.4, 0.5) is 0 Å². The predicted octanol–water partition coefficient (Wildman–Crippen LogP) is 1.15. The monoisotopic (exact) mass is 283 g/mol. The first-order chi connectivity index (χ1) is 10.1. The Bertz CT molecular complexity index is 720. The van der Waals surface area contributed by atoms with Crippen LogP contribution in [0.1, 0.15) is 36.9 Å². The number of amides is 2. The summed E-state index contributed by atoms with van der Waals surface area (Å²) in [4.78, 5) is 48.5. The molecule has 0 saturated carbocycles. The van der Waals surface area contributed by atoms with Gasteiger partial charge in [0.25, 0.3) is 11.8 Å². The molecule has 2 amide bonds. The summed E-state index contributed by atoms with van der Waals surface area (Å²) in [5.41, 5.74) is 0.944. The third-order valence-electron chi connectivity index (χ3n) is 2.92. The summed E-state index contributed by atoms with van der Waals surface area (Å²) < 4.78 is 0. The van der Waals surface area contributed by atoms with Gasteiger partial charge in [-0.05, 0) is 19.1 Å². The van der Waals surface area contributed by atoms with Gasteiger partial charge in [-0.2, -0.15) is 0 Å². The largest absolute Gasteiger partial charge is 0.383 e. The third kappa shape index (κ3) is 2.14. The van der Waals surface area contributed by atoms with Crippen LogP contribution < -0.4 is 0 Å². The second-order valence-electron chi connectivity index (χ2n) is 4.37. The summed E-state index contributed by atoms with van der Waals surface area (Å²) in [7, 11) is 0. The number of hydrogen-bond donors (Lipinski definition) is 0. The topological polar surface area (TPSA) is 89.5 Å². The minimum absolute atomic E-state index is 0.0860. The molecule has 0 atom stereocenters. The van der Waals surface area contributed by atoms with Crippen molar-refractivity contribution in [3.05, 3.63) is 59.2 Å². The fourth-order valence-corrected chi connectivity index (χ4v) is 1.88. The molecule has 0 fully saturated rings. The van der Waals surface area contributed by atoms with E-state index < -0.39 is 17.8 Å². The van der Waals surface area contributed by atoms with E-state index in [0.29, 0.717) is 10.8 Å². The zero-order chi connectivity index (χ0) is 15.0. The van der Waals surface area contributed by atoms with Gasteiger partial charge in [-0.25, -0.2) is 9.78 Å². The predicted molar refractivity (Wildman–Crippen MR) is 69.1 cm³/mol. The lowest BCUT2D eigenvalue weighted by Crippen LogP contribution is -2.33. The Morgan fingerprint density at radius 1 is 1.05 bits per heavy atom. The third-order valence-corrected chi connectivity index (χ3v) is 2.92. The maximum absolute atomic E-state index is 12.0. The van der Waals surface area contributed by atoms with Crippen molar-refractivity contribution >= 4 is 17.8 Å². The van der Waals surface area contributed by atoms with Crippen molar-refractivity contribution in [2.75, 3.05) is 0 Å². The van der Waals surface area contributed by atoms with Gasteiger partial charge in [0.05, 0.1) is 23.0 Å². The highest BCUT2D eigenvalue weighted by atomic mass is 16.7. The van der Waals surface area contributed by atoms with Crippen LogP contribution in [0.3, 0.4) is 0 Å². The molecule has 1 aromatic heterocycles. The molecule has 0 saturated heterocycles. The fraction of sp³-hybridized carbons (Fsp3) is 0.0714. The first-order valence-corrected chi connectivity index (χ1v) is 6.06. The van der Waals surface area contributed by atoms with Gasteiger partial charge in [-0.15, -0.1) is 0 Å². The van der Waals surface area contributed by atoms with Crippen LogP contribution >= 0.6 is 0 Å². The summed E-state index contributed by atoms with van der Waals surface area (Å²) in [6.45, 7) is 1.71. The lowest BCUT2D eigenvalue weighted by atomic mass is 10.1. The zero-order valence-electron chi connectivity index (χ0n) is 10.9. The number of hydrogen-bond acceptors (Lipinski definition) is 6. The summed E-state index contributed by atoms with van der Waals surface area (Å²) in [5.74, 6) is -2.27. The van der Waals surface area contributed by atoms with Gasteiger partial charge >= 0.3 is 5.97 Å². The summed E-state index contributed by atoms with van der Waals surface area (Å²) in [6.07, 6.45) is 2.61. The van der Waals surface area contributed by atoms with Gasteiger partial charge in [0.2, 0.25) is 0 Å². The molecule has 104 valence electrons. The maximum atomic E-state index is 12.0. The highest BCUT2D eigenvalue weighted by Crippen LogP contribution is 2.23. The molecule has 0 bridgehead atoms. The molecule has 1 aliphatic rings. The number of carbonyl (C=O) groups excluding carboxylic acids is 3. The van der Waals surface area contributed by atoms with E-state index in [0.717, 1.165) is 0 Å². The number of rotatable bonds is 2. The smallest absolute Gasteiger partial charge is 0.322 e. The zero-order valence-corrected chi connectivity index (χ0v) is 10.9. The van der Waals surface area contributed by atoms with E-state index in [9.17, 15) is 14.4 Å². The molecular weight excluding hydrogens is 274 g/mol. The van der Waals surface area contributed by atoms with Crippen LogP contribution in [-0.2, 0) is 4.84 Å². The minimum atomic E-state index is -0.919. The van der Waals surface area contributed by atoms with E-state index >= 15 is 0 Å². The van der Waals surface area contributed by atoms with Crippen molar-refractivity contribution in [3.63, 3.8) is 0 Å². The molecule has 21 heavy (non-hydrogen) atoms. The quantitative estimate of drug-likeness (QED) is 0.768. The molecule has 2 heterocycles. The second kappa shape index (κ2) is 4.78. The van der Waals surface area contributed by atoms with Gasteiger partial charge in [-0.3, -0.25) is 14.6 Å². The van der Waals surface area contributed by atoms with Gasteiger partial charge < -0.3 is 4.84 Å². The number of aryl methyl sites for hydroxylation is 1. The Morgan fingerprint density at radius 3 is 2.19 bits per heavy atom. The molecule has 0 unspecified atom stereocenters. The van der Waals surface area contributed by atoms with Gasteiger partial charge in [-0.1, -0.05) is 17.2 Å². The van der Waals surface area contributed by atoms with E-state index in [1.54, 1.807) is 19.1 Å². The van der Waals surface area contributed by atoms with Gasteiger partial charge in [0.15, 0.2) is 5.69 Å². The highest BCUT2D eigenvalue weighted by molar-refractivity contribution is 6.21. The van der Waals surface area contributed by atoms with Crippen LogP contribution in [0.15, 0.2) is 36.7 Å². The lowest BCUT2D eigenvalue weighted by molar-refractivity contribution is -0.0588. The number of imide groups is 1. The Labute approximate surface area is 119 Å². The van der Waals surface area contributed by atoms with E-state index in [2.05, 4.69) is 9.97 Å². The van der Waals surface area contributed by atoms with E-state index in [1.807, 2.05) is 0 Å². The van der Waals surface area contributed by atoms with Crippen LogP contribution in [0.2, 0.25) is 0 Å². The van der Waals surface area contributed by atoms with Gasteiger partial charge in [0.1, 0.15) is 0 Å². The van der Waals surface area contributed by atoms with Crippen molar-refractivity contribution in [1.82, 2.24) is 15.0 Å². The molecular formula is C14H9N3O4. The standard InChI is InChI=1S/C14H9N3O4/c1-8-6-16-11(7-15-8)14(20)21-17-12(18)9-4-2-3-5-10(9)13(17)19/h2-7H,1H3. The number of carbonyl (C=O) groups is 3. The summed E-state index contributed by atoms with van der Waals surface area (Å²) in [5, 5.41) is 0.439. The number of hydroxylamine groups is 2. The Hall–Kier alpha value is -3.09. The average molecular weight is 283 g/mol. The Morgan fingerprint density at radius 2 is 1.67 bits per heavy atom. The molecule has 1 aromatic carbocycles. The van der Waals surface area contributed by atoms with E-state index in [1.165, 1.54) is 24.5 Å². The van der Waals surface area contributed by atoms with Crippen molar-refractivity contribution in [2.24, 2.45) is 0 Å². The minimum Gasteiger partial charge on any atom is -0.322 e. The molecule has 0 spiro atoms. The summed E-state index contributed by atoms with van der Waals surface area (Å²) >= 11 is 0. The Kier molecular flexibility index (Phi) is 2.94. The normalized spacial score (nSPS) is 13.3. The van der Waals surface area contributed by atoms with E-state index in [4.69, 9.17) is 4.84 Å². The van der Waals surface area contributed by atoms with Gasteiger partial charge in [0, 0.05) is 6.20 Å². The van der Waals surface area contributed by atoms with Crippen molar-refractivity contribution in [3.8, 4) is 0 Å². The molecule has 0 aliphatic carbocycles. The molecule has 0 N–H and O–H groups in total. The van der Waals surface area contributed by atoms with Crippen molar-refractivity contribution in [2.45, 2.75) is 6.92 Å². The van der Waals surface area contributed by atoms with Crippen LogP contribution in [0.5, 0.6) is 0 Å². The van der Waals surface area contributed by atoms with Crippen LogP contribution in [0, 0.1) is 6.92 Å². The first kappa shape index (κ1) is 12.9. The fourth-order valence-electron chi connectivity index (χ4n) is 1.88. The molecule has 3 rings (SSSR count). The maximum Gasteiger partial charge on any atom is 0.383 e. The molecule has 7 heteroatoms. The van der Waals surface area contributed by atoms with Crippen LogP contribution in [-0.4, -0.2) is 32.8 Å². The molecule has 1 aliphatic heterocycles. The first-order valence-electron chi connectivity index (χ1n) is 6.06. The van der Waals surface area contributed by atoms with Crippen molar-refractivity contribution < 1.29 is 19.2 Å². The number of benzene rings is 1. The number of nitrogens with zero attached hydrogens (tertiary/aromatic N) is 3. The van der Waals surface area contributed by atoms with Crippen LogP contribution in [0.25, 0.3) is 0 Å². The lowest BCUT2D eigenvalue weighted by Gasteiger charge is -2.11. The Balaban J connectivity index is 1.84. The second-order valence-corrected chi connectivity index (χ2v) is 4.37. The SMILES string of the molecule is Cc1cnc(C(=O)ON2C(=O)c3ccccc3C2=O)cn1. The molecule has 2 aromatic rings. The van der Waals surface area contributed by atoms with Crippen molar-refractivity contribution in [1.29, 1.82) is 0 Å². The van der Waals surface area contributed by atoms with E-state index in [-0.39, 0.29) is 16.8 Å². The summed E-state index contributed by atoms with van der Waals surface area (Å²) in [6, 6.07) is 6.24. The molecule has 7 nitrogen and oxygen atoms in total. The average Bonchev–Trinajstić information content (AvgIpc) is 2.73. The number of fused-ring (bicyclic) bond motifs is 1. The highest BCUT2D eigenvalue weighted by Gasteiger charge is 2.38.